The van der Waals surface area contributed by atoms with Crippen molar-refractivity contribution in [1.29, 1.82) is 0 Å². The Labute approximate surface area is 202 Å². The molecule has 0 aromatic heterocycles. The van der Waals surface area contributed by atoms with Gasteiger partial charge in [-0.15, -0.1) is 11.8 Å². The molecule has 2 amide bonds. The SMILES string of the molecule is C[C@@H](C(=O)NC1CCCC1)N(Cc1ccc(Br)cc1)C(=O)CSCc1ccc(Cl)cc1. The quantitative estimate of drug-likeness (QED) is 0.451. The van der Waals surface area contributed by atoms with E-state index < -0.39 is 6.04 Å². The van der Waals surface area contributed by atoms with Crippen molar-refractivity contribution in [2.45, 2.75) is 57.0 Å². The molecule has 0 unspecified atom stereocenters. The van der Waals surface area contributed by atoms with Crippen LogP contribution in [0.5, 0.6) is 0 Å². The molecule has 166 valence electrons. The fraction of sp³-hybridized carbons (Fsp3) is 0.417. The Morgan fingerprint density at radius 1 is 1.10 bits per heavy atom. The fourth-order valence-electron chi connectivity index (χ4n) is 3.68. The highest BCUT2D eigenvalue weighted by molar-refractivity contribution is 9.10. The average Bonchev–Trinajstić information content (AvgIpc) is 3.27. The number of benzene rings is 2. The number of carbonyl (C=O) groups excluding carboxylic acids is 2. The third-order valence-corrected chi connectivity index (χ3v) is 7.31. The summed E-state index contributed by atoms with van der Waals surface area (Å²) in [7, 11) is 0. The Morgan fingerprint density at radius 3 is 2.35 bits per heavy atom. The molecule has 0 aliphatic heterocycles. The van der Waals surface area contributed by atoms with Gasteiger partial charge in [-0.2, -0.15) is 0 Å². The van der Waals surface area contributed by atoms with Crippen molar-refractivity contribution in [3.8, 4) is 0 Å². The maximum absolute atomic E-state index is 13.1. The van der Waals surface area contributed by atoms with E-state index in [0.717, 1.165) is 47.0 Å². The second kappa shape index (κ2) is 11.9. The number of hydrogen-bond donors (Lipinski definition) is 1. The highest BCUT2D eigenvalue weighted by Crippen LogP contribution is 2.20. The zero-order valence-corrected chi connectivity index (χ0v) is 20.8. The molecule has 1 aliphatic rings. The molecule has 1 N–H and O–H groups in total. The highest BCUT2D eigenvalue weighted by atomic mass is 79.9. The Bertz CT molecular complexity index is 870. The Hall–Kier alpha value is -1.50. The van der Waals surface area contributed by atoms with E-state index in [1.807, 2.05) is 55.5 Å². The van der Waals surface area contributed by atoms with Gasteiger partial charge < -0.3 is 10.2 Å². The van der Waals surface area contributed by atoms with Gasteiger partial charge in [0.15, 0.2) is 0 Å². The summed E-state index contributed by atoms with van der Waals surface area (Å²) >= 11 is 10.9. The van der Waals surface area contributed by atoms with Crippen LogP contribution in [0, 0.1) is 0 Å². The molecule has 0 heterocycles. The van der Waals surface area contributed by atoms with Crippen LogP contribution in [-0.4, -0.2) is 34.6 Å². The smallest absolute Gasteiger partial charge is 0.242 e. The number of thioether (sulfide) groups is 1. The number of nitrogens with one attached hydrogen (secondary N) is 1. The number of halogens is 2. The zero-order chi connectivity index (χ0) is 22.2. The Kier molecular flexibility index (Phi) is 9.30. The van der Waals surface area contributed by atoms with Gasteiger partial charge in [0.05, 0.1) is 5.75 Å². The first kappa shape index (κ1) is 24.1. The van der Waals surface area contributed by atoms with Gasteiger partial charge in [0, 0.05) is 27.8 Å². The predicted molar refractivity (Wildman–Crippen MR) is 132 cm³/mol. The van der Waals surface area contributed by atoms with E-state index in [4.69, 9.17) is 11.6 Å². The molecule has 2 aromatic rings. The van der Waals surface area contributed by atoms with Crippen molar-refractivity contribution in [3.63, 3.8) is 0 Å². The summed E-state index contributed by atoms with van der Waals surface area (Å²) in [6, 6.07) is 15.2. The lowest BCUT2D eigenvalue weighted by atomic mass is 10.1. The van der Waals surface area contributed by atoms with Crippen molar-refractivity contribution in [1.82, 2.24) is 10.2 Å². The van der Waals surface area contributed by atoms with E-state index in [1.165, 1.54) is 0 Å². The molecule has 1 atom stereocenters. The van der Waals surface area contributed by atoms with E-state index in [0.29, 0.717) is 17.3 Å². The first-order valence-electron chi connectivity index (χ1n) is 10.6. The Morgan fingerprint density at radius 2 is 1.71 bits per heavy atom. The van der Waals surface area contributed by atoms with Gasteiger partial charge in [0.1, 0.15) is 6.04 Å². The maximum atomic E-state index is 13.1. The van der Waals surface area contributed by atoms with Gasteiger partial charge in [-0.05, 0) is 55.2 Å². The van der Waals surface area contributed by atoms with Crippen LogP contribution in [0.3, 0.4) is 0 Å². The number of nitrogens with zero attached hydrogens (tertiary/aromatic N) is 1. The van der Waals surface area contributed by atoms with Gasteiger partial charge in [0.2, 0.25) is 11.8 Å². The van der Waals surface area contributed by atoms with Crippen molar-refractivity contribution in [3.05, 3.63) is 69.2 Å². The lowest BCUT2D eigenvalue weighted by Gasteiger charge is -2.29. The molecular weight excluding hydrogens is 496 g/mol. The van der Waals surface area contributed by atoms with Crippen LogP contribution >= 0.6 is 39.3 Å². The normalized spacial score (nSPS) is 14.9. The van der Waals surface area contributed by atoms with Gasteiger partial charge in [-0.1, -0.05) is 64.6 Å². The second-order valence-electron chi connectivity index (χ2n) is 7.93. The summed E-state index contributed by atoms with van der Waals surface area (Å²) in [4.78, 5) is 27.7. The van der Waals surface area contributed by atoms with Crippen molar-refractivity contribution in [2.75, 3.05) is 5.75 Å². The van der Waals surface area contributed by atoms with Crippen molar-refractivity contribution >= 4 is 51.1 Å². The van der Waals surface area contributed by atoms with E-state index in [2.05, 4.69) is 21.2 Å². The van der Waals surface area contributed by atoms with Crippen LogP contribution < -0.4 is 5.32 Å². The molecule has 1 fully saturated rings. The third kappa shape index (κ3) is 7.55. The van der Waals surface area contributed by atoms with E-state index in [1.54, 1.807) is 16.7 Å². The molecular formula is C24H28BrClN2O2S. The minimum atomic E-state index is -0.520. The first-order valence-corrected chi connectivity index (χ1v) is 12.9. The molecule has 0 bridgehead atoms. The van der Waals surface area contributed by atoms with Gasteiger partial charge in [-0.25, -0.2) is 0 Å². The third-order valence-electron chi connectivity index (χ3n) is 5.54. The maximum Gasteiger partial charge on any atom is 0.242 e. The summed E-state index contributed by atoms with van der Waals surface area (Å²) in [5.41, 5.74) is 2.12. The lowest BCUT2D eigenvalue weighted by Crippen LogP contribution is -2.50. The average molecular weight is 524 g/mol. The zero-order valence-electron chi connectivity index (χ0n) is 17.7. The number of hydrogen-bond acceptors (Lipinski definition) is 3. The van der Waals surface area contributed by atoms with Crippen LogP contribution in [0.25, 0.3) is 0 Å². The molecule has 1 saturated carbocycles. The van der Waals surface area contributed by atoms with Crippen molar-refractivity contribution < 1.29 is 9.59 Å². The van der Waals surface area contributed by atoms with Crippen LogP contribution in [0.15, 0.2) is 53.0 Å². The standard InChI is InChI=1S/C24H28BrClN2O2S/c1-17(24(30)27-22-4-2-3-5-22)28(14-18-6-10-20(25)11-7-18)23(29)16-31-15-19-8-12-21(26)13-9-19/h6-13,17,22H,2-5,14-16H2,1H3,(H,27,30)/t17-/m0/s1. The summed E-state index contributed by atoms with van der Waals surface area (Å²) in [6.07, 6.45) is 4.36. The van der Waals surface area contributed by atoms with Crippen LogP contribution in [0.2, 0.25) is 5.02 Å². The fourth-order valence-corrected chi connectivity index (χ4v) is 4.94. The molecule has 0 radical (unpaired) electrons. The van der Waals surface area contributed by atoms with E-state index in [9.17, 15) is 9.59 Å². The lowest BCUT2D eigenvalue weighted by molar-refractivity contribution is -0.138. The monoisotopic (exact) mass is 522 g/mol. The molecule has 4 nitrogen and oxygen atoms in total. The van der Waals surface area contributed by atoms with Crippen LogP contribution in [0.4, 0.5) is 0 Å². The molecule has 0 saturated heterocycles. The van der Waals surface area contributed by atoms with Crippen molar-refractivity contribution in [2.24, 2.45) is 0 Å². The molecule has 7 heteroatoms. The summed E-state index contributed by atoms with van der Waals surface area (Å²) in [6.45, 7) is 2.23. The largest absolute Gasteiger partial charge is 0.352 e. The van der Waals surface area contributed by atoms with Gasteiger partial charge in [-0.3, -0.25) is 9.59 Å². The van der Waals surface area contributed by atoms with E-state index >= 15 is 0 Å². The summed E-state index contributed by atoms with van der Waals surface area (Å²) in [5.74, 6) is 0.939. The van der Waals surface area contributed by atoms with Gasteiger partial charge >= 0.3 is 0 Å². The summed E-state index contributed by atoms with van der Waals surface area (Å²) in [5, 5.41) is 3.84. The van der Waals surface area contributed by atoms with E-state index in [-0.39, 0.29) is 17.9 Å². The first-order chi connectivity index (χ1) is 14.9. The molecule has 2 aromatic carbocycles. The van der Waals surface area contributed by atoms with Gasteiger partial charge in [0.25, 0.3) is 0 Å². The highest BCUT2D eigenvalue weighted by Gasteiger charge is 2.28. The molecule has 0 spiro atoms. The second-order valence-corrected chi connectivity index (χ2v) is 10.3. The molecule has 1 aliphatic carbocycles. The molecule has 31 heavy (non-hydrogen) atoms. The van der Waals surface area contributed by atoms with Crippen LogP contribution in [-0.2, 0) is 21.9 Å². The minimum absolute atomic E-state index is 0.0315. The number of rotatable bonds is 9. The topological polar surface area (TPSA) is 49.4 Å². The van der Waals surface area contributed by atoms with Crippen LogP contribution in [0.1, 0.15) is 43.7 Å². The molecule has 3 rings (SSSR count). The number of carbonyl (C=O) groups is 2. The minimum Gasteiger partial charge on any atom is -0.352 e. The Balaban J connectivity index is 1.64. The predicted octanol–water partition coefficient (Wildman–Crippen LogP) is 5.81. The number of amides is 2. The summed E-state index contributed by atoms with van der Waals surface area (Å²) < 4.78 is 0.986.